The Balaban J connectivity index is 0.000000170. The zero-order valence-electron chi connectivity index (χ0n) is 39.4. The van der Waals surface area contributed by atoms with Crippen LogP contribution in [0, 0.1) is 0 Å². The molecule has 5 aliphatic rings. The molecule has 21 heteroatoms. The first-order valence-corrected chi connectivity index (χ1v) is 23.4. The molecule has 362 valence electrons. The van der Waals surface area contributed by atoms with E-state index in [9.17, 15) is 30.0 Å². The molecular weight excluding hydrogens is 957 g/mol. The first-order chi connectivity index (χ1) is 31.0. The van der Waals surface area contributed by atoms with Gasteiger partial charge in [0.1, 0.15) is 15.8 Å². The highest BCUT2D eigenvalue weighted by molar-refractivity contribution is 9.10. The Morgan fingerprint density at radius 3 is 1.54 bits per heavy atom. The highest BCUT2D eigenvalue weighted by atomic mass is 79.9. The number of nitrogens with zero attached hydrogens (tertiary/aromatic N) is 8. The number of pyridine rings is 2. The molecule has 0 atom stereocenters. The van der Waals surface area contributed by atoms with Gasteiger partial charge in [0.25, 0.3) is 0 Å². The standard InChI is InChI=1S/C20H25N5O3.C14H22BNO3.C12H15BrN4O2.ClH/c1-20(2,28)16-8-3-12(9-21-16)15-10-22-18-19(24-15)25(17(27)11-23-18)13-4-6-14(26)7-5-13;1-12(2,17)11-8-7-10(9-16-11)15-18-13(3,4)14(5,6)19-15;13-9-5-14-11-12(16-9)17(10(19)6-15-11)7-1-3-8(18)4-2-7;/h3,8-10,13-14,26,28H,4-7,11H2,1-2H3,(H,22,23);7-9,17H,1-6H3;5,7-8,18H,1-4,6H2,(H,14,15);1H/i1+1,2+1,11+1,17+1,20+1;1+1,2+1,12+1;6+1,10+1;. The SMILES string of the molecule is CC1(C)OB(c2ccc([13C]([13CH3])([13CH3])O)nc2)OC1(C)C.Cl.O=[13C]1[13CH2]Nc2ncc(Br)nc2N1C1CCC(O)CC1.[13CH3][13C]([13CH3])(O)c1ccc(-c2cnc3c(n2)N(C2CCC(O)CC2)[13C](=O)[13CH2]N3)cn1. The van der Waals surface area contributed by atoms with Gasteiger partial charge in [0.05, 0.1) is 66.0 Å². The molecule has 2 aliphatic carbocycles. The lowest BCUT2D eigenvalue weighted by Gasteiger charge is -2.38. The molecule has 3 aliphatic heterocycles. The van der Waals surface area contributed by atoms with Gasteiger partial charge in [0.15, 0.2) is 23.3 Å². The number of amides is 2. The van der Waals surface area contributed by atoms with Crippen molar-refractivity contribution in [3.8, 4) is 11.3 Å². The van der Waals surface area contributed by atoms with Crippen LogP contribution < -0.4 is 25.9 Å². The molecule has 0 aromatic carbocycles. The quantitative estimate of drug-likeness (QED) is 0.108. The Hall–Kier alpha value is -4.41. The van der Waals surface area contributed by atoms with E-state index in [4.69, 9.17) is 14.3 Å². The van der Waals surface area contributed by atoms with Gasteiger partial charge in [-0.3, -0.25) is 29.4 Å². The van der Waals surface area contributed by atoms with Crippen LogP contribution in [-0.2, 0) is 30.1 Å². The number of carbonyl (C=O) groups excluding carboxylic acids is 2. The van der Waals surface area contributed by atoms with Crippen molar-refractivity contribution in [3.63, 3.8) is 0 Å². The number of nitrogens with one attached hydrogen (secondary N) is 2. The lowest BCUT2D eigenvalue weighted by molar-refractivity contribution is -0.118. The number of hydrogen-bond acceptors (Lipinski definition) is 16. The van der Waals surface area contributed by atoms with Crippen molar-refractivity contribution in [1.82, 2.24) is 29.9 Å². The molecule has 2 amide bonds. The fraction of sp³-hybridized carbons (Fsp3) is 0.565. The van der Waals surface area contributed by atoms with Crippen LogP contribution in [0.5, 0.6) is 0 Å². The van der Waals surface area contributed by atoms with Crippen molar-refractivity contribution in [2.75, 3.05) is 33.5 Å². The second kappa shape index (κ2) is 20.7. The van der Waals surface area contributed by atoms with Crippen LogP contribution in [0.25, 0.3) is 11.3 Å². The van der Waals surface area contributed by atoms with Gasteiger partial charge in [-0.25, -0.2) is 19.9 Å². The number of anilines is 4. The van der Waals surface area contributed by atoms with Gasteiger partial charge in [-0.05, 0) is 141 Å². The molecule has 18 nitrogen and oxygen atoms in total. The van der Waals surface area contributed by atoms with Gasteiger partial charge >= 0.3 is 7.12 Å². The van der Waals surface area contributed by atoms with Crippen LogP contribution in [0.4, 0.5) is 23.3 Å². The Morgan fingerprint density at radius 1 is 0.657 bits per heavy atom. The van der Waals surface area contributed by atoms with E-state index >= 15 is 0 Å². The number of aromatic nitrogens is 6. The van der Waals surface area contributed by atoms with Gasteiger partial charge in [0.2, 0.25) is 11.8 Å². The van der Waals surface area contributed by atoms with E-state index in [1.54, 1.807) is 74.4 Å². The smallest absolute Gasteiger partial charge is 0.399 e. The average molecular weight is 1020 g/mol. The summed E-state index contributed by atoms with van der Waals surface area (Å²) in [5.74, 6) is 2.34. The fourth-order valence-electron chi connectivity index (χ4n) is 8.37. The maximum atomic E-state index is 12.6. The number of aliphatic hydroxyl groups excluding tert-OH is 2. The molecule has 0 unspecified atom stereocenters. The third kappa shape index (κ3) is 12.1. The summed E-state index contributed by atoms with van der Waals surface area (Å²) in [6, 6.07) is 7.44. The van der Waals surface area contributed by atoms with E-state index in [2.05, 4.69) is 51.5 Å². The average Bonchev–Trinajstić information content (AvgIpc) is 3.49. The number of hydrogen-bond donors (Lipinski definition) is 6. The van der Waals surface area contributed by atoms with E-state index in [-0.39, 0.29) is 72.8 Å². The van der Waals surface area contributed by atoms with Crippen LogP contribution in [-0.4, -0.2) is 118 Å². The normalized spacial score (nSPS) is 23.2. The summed E-state index contributed by atoms with van der Waals surface area (Å²) in [6.07, 6.45) is 12.1. The summed E-state index contributed by atoms with van der Waals surface area (Å²) in [4.78, 5) is 54.7. The minimum absolute atomic E-state index is 0. The molecule has 7 heterocycles. The van der Waals surface area contributed by atoms with Gasteiger partial charge < -0.3 is 40.4 Å². The van der Waals surface area contributed by atoms with E-state index in [1.807, 2.05) is 39.8 Å². The minimum Gasteiger partial charge on any atom is -0.399 e. The lowest BCUT2D eigenvalue weighted by atomic mass is 9.80. The maximum Gasteiger partial charge on any atom is 0.496 e. The highest BCUT2D eigenvalue weighted by Gasteiger charge is 2.52. The molecule has 0 bridgehead atoms. The molecule has 9 rings (SSSR count). The van der Waals surface area contributed by atoms with Crippen molar-refractivity contribution in [2.24, 2.45) is 0 Å². The molecule has 4 aromatic rings. The topological polar surface area (TPSA) is 241 Å². The molecule has 1 saturated heterocycles. The van der Waals surface area contributed by atoms with Crippen LogP contribution in [0.15, 0.2) is 53.7 Å². The first kappa shape index (κ1) is 52.0. The van der Waals surface area contributed by atoms with E-state index in [1.165, 1.54) is 0 Å². The molecule has 2 saturated carbocycles. The Labute approximate surface area is 406 Å². The van der Waals surface area contributed by atoms with Crippen molar-refractivity contribution in [1.29, 1.82) is 0 Å². The molecule has 4 aromatic heterocycles. The lowest BCUT2D eigenvalue weighted by Crippen LogP contribution is -2.49. The largest absolute Gasteiger partial charge is 0.496 e. The number of fused-ring (bicyclic) bond motifs is 2. The van der Waals surface area contributed by atoms with Crippen LogP contribution >= 0.6 is 28.3 Å². The van der Waals surface area contributed by atoms with Gasteiger partial charge in [-0.15, -0.1) is 12.4 Å². The molecule has 0 spiro atoms. The van der Waals surface area contributed by atoms with Crippen molar-refractivity contribution in [2.45, 2.75) is 153 Å². The number of rotatable bonds is 6. The third-order valence-electron chi connectivity index (χ3n) is 13.0. The molecule has 6 N–H and O–H groups in total. The highest BCUT2D eigenvalue weighted by Crippen LogP contribution is 2.38. The second-order valence-electron chi connectivity index (χ2n) is 19.6. The second-order valence-corrected chi connectivity index (χ2v) is 20.4. The Bertz CT molecular complexity index is 2340. The summed E-state index contributed by atoms with van der Waals surface area (Å²) in [5.41, 5.74) is 0.791. The Morgan fingerprint density at radius 2 is 1.10 bits per heavy atom. The van der Waals surface area contributed by atoms with Gasteiger partial charge in [-0.2, -0.15) is 0 Å². The zero-order chi connectivity index (χ0) is 47.8. The van der Waals surface area contributed by atoms with Gasteiger partial charge in [0, 0.05) is 35.5 Å². The van der Waals surface area contributed by atoms with E-state index in [0.717, 1.165) is 49.6 Å². The van der Waals surface area contributed by atoms with Crippen molar-refractivity contribution >= 4 is 76.0 Å². The van der Waals surface area contributed by atoms with E-state index in [0.29, 0.717) is 57.8 Å². The third-order valence-corrected chi connectivity index (χ3v) is 13.4. The molecule has 67 heavy (non-hydrogen) atoms. The predicted octanol–water partition coefficient (Wildman–Crippen LogP) is 5.16. The van der Waals surface area contributed by atoms with Crippen LogP contribution in [0.3, 0.4) is 0 Å². The predicted molar refractivity (Wildman–Crippen MR) is 261 cm³/mol. The fourth-order valence-corrected chi connectivity index (χ4v) is 8.64. The summed E-state index contributed by atoms with van der Waals surface area (Å²) in [7, 11) is -0.409. The number of aliphatic hydroxyl groups is 4. The van der Waals surface area contributed by atoms with Crippen molar-refractivity contribution in [3.05, 3.63) is 65.0 Å². The molecule has 3 fully saturated rings. The molecular formula is C46H63BBrClN10O8. The Kier molecular flexibility index (Phi) is 16.0. The summed E-state index contributed by atoms with van der Waals surface area (Å²) in [6.45, 7) is 15.3. The summed E-state index contributed by atoms with van der Waals surface area (Å²) in [5, 5.41) is 45.3. The number of halogens is 2. The van der Waals surface area contributed by atoms with Crippen molar-refractivity contribution < 1.29 is 39.3 Å². The molecule has 0 radical (unpaired) electrons. The first-order valence-electron chi connectivity index (χ1n) is 22.6. The minimum atomic E-state index is -1.02. The number of carbonyl (C=O) groups is 2. The van der Waals surface area contributed by atoms with Crippen LogP contribution in [0.1, 0.15) is 118 Å². The zero-order valence-corrected chi connectivity index (χ0v) is 41.8. The summed E-state index contributed by atoms with van der Waals surface area (Å²) >= 11 is 3.29. The monoisotopic (exact) mass is 1020 g/mol. The van der Waals surface area contributed by atoms with Gasteiger partial charge in [-0.1, -0.05) is 6.07 Å². The van der Waals surface area contributed by atoms with E-state index < -0.39 is 18.3 Å². The summed E-state index contributed by atoms with van der Waals surface area (Å²) < 4.78 is 12.5. The maximum absolute atomic E-state index is 12.6. The van der Waals surface area contributed by atoms with Crippen LogP contribution in [0.2, 0.25) is 0 Å².